The molecule has 1 aromatic carbocycles. The molecular weight excluding hydrogens is 296 g/mol. The van der Waals surface area contributed by atoms with Gasteiger partial charge in [0.1, 0.15) is 6.61 Å². The molecule has 0 saturated heterocycles. The van der Waals surface area contributed by atoms with Gasteiger partial charge in [-0.2, -0.15) is 0 Å². The number of hydrogen-bond donors (Lipinski definition) is 1. The topological polar surface area (TPSA) is 81.0 Å². The molecule has 6 nitrogen and oxygen atoms in total. The van der Waals surface area contributed by atoms with Gasteiger partial charge in [0, 0.05) is 17.8 Å². The first-order chi connectivity index (χ1) is 11.2. The van der Waals surface area contributed by atoms with E-state index in [-0.39, 0.29) is 5.88 Å². The highest BCUT2D eigenvalue weighted by atomic mass is 16.6. The number of carboxylic acid groups (broad SMARTS) is 1. The molecule has 0 aliphatic carbocycles. The molecule has 120 valence electrons. The van der Waals surface area contributed by atoms with Crippen LogP contribution in [-0.4, -0.2) is 28.4 Å². The third kappa shape index (κ3) is 5.43. The number of carbonyl (C=O) groups is 1. The predicted octanol–water partition coefficient (Wildman–Crippen LogP) is 2.88. The summed E-state index contributed by atoms with van der Waals surface area (Å²) in [5.74, 6) is -0.780. The Balaban J connectivity index is 1.96. The Labute approximate surface area is 134 Å². The Morgan fingerprint density at radius 2 is 2.00 bits per heavy atom. The first-order valence-electron chi connectivity index (χ1n) is 7.23. The number of aromatic nitrogens is 1. The van der Waals surface area contributed by atoms with Crippen molar-refractivity contribution in [3.8, 4) is 5.88 Å². The highest BCUT2D eigenvalue weighted by Gasteiger charge is 2.05. The number of nitrogens with zero attached hydrogens (tertiary/aromatic N) is 2. The molecule has 0 radical (unpaired) electrons. The lowest BCUT2D eigenvalue weighted by atomic mass is 10.1. The zero-order chi connectivity index (χ0) is 16.5. The number of ether oxygens (including phenoxy) is 1. The second-order valence-electron chi connectivity index (χ2n) is 4.72. The molecule has 23 heavy (non-hydrogen) atoms. The highest BCUT2D eigenvalue weighted by Crippen LogP contribution is 2.11. The number of rotatable bonds is 8. The molecule has 1 heterocycles. The Kier molecular flexibility index (Phi) is 6.11. The maximum absolute atomic E-state index is 10.4. The van der Waals surface area contributed by atoms with Gasteiger partial charge in [0.05, 0.1) is 5.71 Å². The molecule has 1 N–H and O–H groups in total. The molecule has 0 unspecified atom stereocenters. The van der Waals surface area contributed by atoms with E-state index in [0.717, 1.165) is 16.8 Å². The van der Waals surface area contributed by atoms with E-state index in [1.807, 2.05) is 37.3 Å². The van der Waals surface area contributed by atoms with Crippen LogP contribution in [0.4, 0.5) is 0 Å². The molecule has 0 aliphatic rings. The Morgan fingerprint density at radius 3 is 2.61 bits per heavy atom. The monoisotopic (exact) mass is 314 g/mol. The van der Waals surface area contributed by atoms with E-state index in [9.17, 15) is 4.79 Å². The predicted molar refractivity (Wildman–Crippen MR) is 85.4 cm³/mol. The molecule has 2 rings (SSSR count). The number of pyridine rings is 1. The van der Waals surface area contributed by atoms with Gasteiger partial charge < -0.3 is 14.7 Å². The zero-order valence-electron chi connectivity index (χ0n) is 12.8. The van der Waals surface area contributed by atoms with Gasteiger partial charge in [-0.25, -0.2) is 9.78 Å². The molecule has 0 saturated carbocycles. The van der Waals surface area contributed by atoms with Gasteiger partial charge in [0.25, 0.3) is 0 Å². The average molecular weight is 314 g/mol. The van der Waals surface area contributed by atoms with Crippen molar-refractivity contribution in [2.24, 2.45) is 5.16 Å². The van der Waals surface area contributed by atoms with Crippen LogP contribution in [0.15, 0.2) is 53.8 Å². The van der Waals surface area contributed by atoms with Gasteiger partial charge >= 0.3 is 5.97 Å². The summed E-state index contributed by atoms with van der Waals surface area (Å²) in [5.41, 5.74) is 2.61. The van der Waals surface area contributed by atoms with Crippen LogP contribution in [0.5, 0.6) is 5.88 Å². The summed E-state index contributed by atoms with van der Waals surface area (Å²) < 4.78 is 4.99. The van der Waals surface area contributed by atoms with Crippen molar-refractivity contribution in [1.82, 2.24) is 4.98 Å². The van der Waals surface area contributed by atoms with Crippen LogP contribution >= 0.6 is 0 Å². The third-order valence-corrected chi connectivity index (χ3v) is 3.00. The van der Waals surface area contributed by atoms with Crippen molar-refractivity contribution in [3.05, 3.63) is 59.8 Å². The minimum atomic E-state index is -1.04. The summed E-state index contributed by atoms with van der Waals surface area (Å²) in [6.45, 7) is 1.96. The summed E-state index contributed by atoms with van der Waals surface area (Å²) >= 11 is 0. The fourth-order valence-electron chi connectivity index (χ4n) is 1.85. The van der Waals surface area contributed by atoms with E-state index < -0.39 is 12.6 Å². The fourth-order valence-corrected chi connectivity index (χ4v) is 1.85. The number of carboxylic acids is 1. The van der Waals surface area contributed by atoms with Crippen molar-refractivity contribution in [1.29, 1.82) is 0 Å². The van der Waals surface area contributed by atoms with E-state index >= 15 is 0 Å². The smallest absolute Gasteiger partial charge is 0.341 e. The van der Waals surface area contributed by atoms with E-state index in [0.29, 0.717) is 13.0 Å². The van der Waals surface area contributed by atoms with Gasteiger partial charge in [-0.3, -0.25) is 0 Å². The largest absolute Gasteiger partial charge is 0.479 e. The van der Waals surface area contributed by atoms with Crippen molar-refractivity contribution in [2.75, 3.05) is 6.61 Å². The van der Waals surface area contributed by atoms with Crippen LogP contribution in [0.1, 0.15) is 24.5 Å². The van der Waals surface area contributed by atoms with Crippen molar-refractivity contribution >= 4 is 11.7 Å². The van der Waals surface area contributed by atoms with E-state index in [2.05, 4.69) is 10.1 Å². The molecule has 1 aromatic heterocycles. The quantitative estimate of drug-likeness (QED) is 0.598. The molecule has 0 amide bonds. The zero-order valence-corrected chi connectivity index (χ0v) is 12.8. The molecule has 0 spiro atoms. The SMILES string of the molecule is CC/C(=N\OCc1ccccc1)c1ccc(OCC(=O)O)nc1. The van der Waals surface area contributed by atoms with Gasteiger partial charge in [0.15, 0.2) is 6.61 Å². The first-order valence-corrected chi connectivity index (χ1v) is 7.23. The molecule has 2 aromatic rings. The summed E-state index contributed by atoms with van der Waals surface area (Å²) in [6, 6.07) is 13.2. The van der Waals surface area contributed by atoms with Crippen molar-refractivity contribution in [2.45, 2.75) is 20.0 Å². The second-order valence-corrected chi connectivity index (χ2v) is 4.72. The normalized spacial score (nSPS) is 11.1. The summed E-state index contributed by atoms with van der Waals surface area (Å²) in [4.78, 5) is 19.9. The number of benzene rings is 1. The van der Waals surface area contributed by atoms with Crippen LogP contribution in [0.2, 0.25) is 0 Å². The standard InChI is InChI=1S/C17H18N2O4/c1-2-15(19-23-11-13-6-4-3-5-7-13)14-8-9-16(18-10-14)22-12-17(20)21/h3-10H,2,11-12H2,1H3,(H,20,21)/b19-15+. The minimum Gasteiger partial charge on any atom is -0.479 e. The van der Waals surface area contributed by atoms with E-state index in [1.54, 1.807) is 18.3 Å². The fraction of sp³-hybridized carbons (Fsp3) is 0.235. The first kappa shape index (κ1) is 16.5. The molecule has 6 heteroatoms. The Hall–Kier alpha value is -2.89. The third-order valence-electron chi connectivity index (χ3n) is 3.00. The lowest BCUT2D eigenvalue weighted by molar-refractivity contribution is -0.139. The Morgan fingerprint density at radius 1 is 1.22 bits per heavy atom. The van der Waals surface area contributed by atoms with Crippen molar-refractivity contribution < 1.29 is 19.5 Å². The van der Waals surface area contributed by atoms with Crippen LogP contribution in [0.3, 0.4) is 0 Å². The van der Waals surface area contributed by atoms with Gasteiger partial charge in [-0.1, -0.05) is 42.4 Å². The maximum Gasteiger partial charge on any atom is 0.341 e. The van der Waals surface area contributed by atoms with E-state index in [1.165, 1.54) is 0 Å². The van der Waals surface area contributed by atoms with Gasteiger partial charge in [0.2, 0.25) is 5.88 Å². The summed E-state index contributed by atoms with van der Waals surface area (Å²) in [6.07, 6.45) is 2.27. The van der Waals surface area contributed by atoms with Gasteiger partial charge in [-0.15, -0.1) is 0 Å². The lowest BCUT2D eigenvalue weighted by Gasteiger charge is -2.06. The van der Waals surface area contributed by atoms with Crippen LogP contribution in [-0.2, 0) is 16.2 Å². The average Bonchev–Trinajstić information content (AvgIpc) is 2.58. The number of oxime groups is 1. The lowest BCUT2D eigenvalue weighted by Crippen LogP contribution is -2.10. The van der Waals surface area contributed by atoms with E-state index in [4.69, 9.17) is 14.7 Å². The number of hydrogen-bond acceptors (Lipinski definition) is 5. The molecule has 0 aliphatic heterocycles. The minimum absolute atomic E-state index is 0.261. The van der Waals surface area contributed by atoms with Crippen molar-refractivity contribution in [3.63, 3.8) is 0 Å². The second kappa shape index (κ2) is 8.53. The van der Waals surface area contributed by atoms with Crippen LogP contribution in [0.25, 0.3) is 0 Å². The summed E-state index contributed by atoms with van der Waals surface area (Å²) in [5, 5.41) is 12.7. The van der Waals surface area contributed by atoms with Crippen LogP contribution < -0.4 is 4.74 Å². The molecular formula is C17H18N2O4. The van der Waals surface area contributed by atoms with Gasteiger partial charge in [-0.05, 0) is 18.1 Å². The molecule has 0 bridgehead atoms. The maximum atomic E-state index is 10.4. The Bertz CT molecular complexity index is 654. The van der Waals surface area contributed by atoms with Crippen LogP contribution in [0, 0.1) is 0 Å². The molecule has 0 atom stereocenters. The number of aliphatic carboxylic acids is 1. The highest BCUT2D eigenvalue weighted by molar-refractivity contribution is 5.99. The molecule has 0 fully saturated rings. The summed E-state index contributed by atoms with van der Waals surface area (Å²) in [7, 11) is 0.